The molecule has 0 radical (unpaired) electrons. The van der Waals surface area contributed by atoms with Gasteiger partial charge in [0.15, 0.2) is 0 Å². The summed E-state index contributed by atoms with van der Waals surface area (Å²) < 4.78 is 11.1. The summed E-state index contributed by atoms with van der Waals surface area (Å²) in [5.41, 5.74) is 5.54. The van der Waals surface area contributed by atoms with Gasteiger partial charge < -0.3 is 9.47 Å². The van der Waals surface area contributed by atoms with Crippen LogP contribution in [0, 0.1) is 0 Å². The van der Waals surface area contributed by atoms with Crippen molar-refractivity contribution in [2.75, 3.05) is 20.3 Å². The van der Waals surface area contributed by atoms with Crippen LogP contribution in [0.4, 0.5) is 0 Å². The van der Waals surface area contributed by atoms with Crippen LogP contribution in [0.5, 0.6) is 5.75 Å². The lowest BCUT2D eigenvalue weighted by molar-refractivity contribution is 0.189. The number of hydrogen-bond acceptors (Lipinski definition) is 2. The maximum Gasteiger partial charge on any atom is 0.119 e. The van der Waals surface area contributed by atoms with Gasteiger partial charge in [-0.2, -0.15) is 0 Å². The average molecular weight is 351 g/mol. The van der Waals surface area contributed by atoms with Gasteiger partial charge in [-0.05, 0) is 79.3 Å². The SMILES string of the molecule is COCCCCCOc1ccc2c(c1)CCCC/C(c1ccccc1)=C\2. The lowest BCUT2D eigenvalue weighted by Crippen LogP contribution is -2.01. The third-order valence-corrected chi connectivity index (χ3v) is 4.99. The molecular formula is C24H30O2. The number of rotatable bonds is 8. The molecule has 0 aliphatic heterocycles. The van der Waals surface area contributed by atoms with E-state index in [0.29, 0.717) is 0 Å². The Bertz CT molecular complexity index is 703. The second-order valence-corrected chi connectivity index (χ2v) is 7.01. The maximum absolute atomic E-state index is 5.97. The smallest absolute Gasteiger partial charge is 0.119 e. The first-order chi connectivity index (χ1) is 12.9. The van der Waals surface area contributed by atoms with Crippen molar-refractivity contribution in [1.29, 1.82) is 0 Å². The molecule has 0 saturated heterocycles. The standard InChI is InChI=1S/C24H30O2/c1-25-16-8-3-9-17-26-24-15-14-23-18-21(20-10-4-2-5-11-20)12-6-7-13-22(23)19-24/h2,4-5,10-11,14-15,18-19H,3,6-9,12-13,16-17H2,1H3/b21-18+. The Hall–Kier alpha value is -2.06. The number of allylic oxidation sites excluding steroid dienone is 1. The predicted molar refractivity (Wildman–Crippen MR) is 110 cm³/mol. The quantitative estimate of drug-likeness (QED) is 0.532. The van der Waals surface area contributed by atoms with E-state index in [4.69, 9.17) is 9.47 Å². The molecule has 0 fully saturated rings. The highest BCUT2D eigenvalue weighted by molar-refractivity contribution is 5.82. The highest BCUT2D eigenvalue weighted by Gasteiger charge is 2.10. The van der Waals surface area contributed by atoms with Gasteiger partial charge >= 0.3 is 0 Å². The second kappa shape index (κ2) is 10.2. The van der Waals surface area contributed by atoms with Crippen LogP contribution in [0.25, 0.3) is 11.6 Å². The number of benzene rings is 2. The Balaban J connectivity index is 1.67. The molecule has 0 atom stereocenters. The van der Waals surface area contributed by atoms with Crippen molar-refractivity contribution in [2.24, 2.45) is 0 Å². The molecule has 2 nitrogen and oxygen atoms in total. The molecule has 138 valence electrons. The number of methoxy groups -OCH3 is 1. The van der Waals surface area contributed by atoms with E-state index in [1.807, 2.05) is 0 Å². The van der Waals surface area contributed by atoms with Gasteiger partial charge in [-0.25, -0.2) is 0 Å². The molecule has 0 bridgehead atoms. The molecule has 3 rings (SSSR count). The van der Waals surface area contributed by atoms with Gasteiger partial charge in [-0.3, -0.25) is 0 Å². The fourth-order valence-corrected chi connectivity index (χ4v) is 3.52. The van der Waals surface area contributed by atoms with Crippen LogP contribution in [0.3, 0.4) is 0 Å². The van der Waals surface area contributed by atoms with Gasteiger partial charge in [0.05, 0.1) is 6.61 Å². The Morgan fingerprint density at radius 1 is 0.846 bits per heavy atom. The summed E-state index contributed by atoms with van der Waals surface area (Å²) in [5, 5.41) is 0. The minimum absolute atomic E-state index is 0.785. The fraction of sp³-hybridized carbons (Fsp3) is 0.417. The van der Waals surface area contributed by atoms with Crippen LogP contribution in [0.1, 0.15) is 55.2 Å². The summed E-state index contributed by atoms with van der Waals surface area (Å²) in [6, 6.07) is 17.4. The van der Waals surface area contributed by atoms with Crippen LogP contribution >= 0.6 is 0 Å². The Morgan fingerprint density at radius 2 is 1.65 bits per heavy atom. The molecule has 1 aliphatic carbocycles. The minimum Gasteiger partial charge on any atom is -0.494 e. The average Bonchev–Trinajstić information content (AvgIpc) is 2.66. The topological polar surface area (TPSA) is 18.5 Å². The van der Waals surface area contributed by atoms with Crippen LogP contribution in [-0.4, -0.2) is 20.3 Å². The van der Waals surface area contributed by atoms with Gasteiger partial charge in [0.2, 0.25) is 0 Å². The molecule has 2 aromatic rings. The van der Waals surface area contributed by atoms with E-state index in [0.717, 1.165) is 51.1 Å². The molecule has 0 amide bonds. The highest BCUT2D eigenvalue weighted by atomic mass is 16.5. The Labute approximate surface area is 157 Å². The van der Waals surface area contributed by atoms with Crippen molar-refractivity contribution < 1.29 is 9.47 Å². The second-order valence-electron chi connectivity index (χ2n) is 7.01. The molecule has 0 N–H and O–H groups in total. The van der Waals surface area contributed by atoms with Crippen LogP contribution < -0.4 is 4.74 Å². The van der Waals surface area contributed by atoms with Crippen LogP contribution in [-0.2, 0) is 11.2 Å². The van der Waals surface area contributed by atoms with E-state index in [2.05, 4.69) is 54.6 Å². The molecule has 0 unspecified atom stereocenters. The summed E-state index contributed by atoms with van der Waals surface area (Å²) in [6.07, 6.45) is 10.5. The third-order valence-electron chi connectivity index (χ3n) is 4.99. The fourth-order valence-electron chi connectivity index (χ4n) is 3.52. The molecule has 0 heterocycles. The van der Waals surface area contributed by atoms with Crippen LogP contribution in [0.15, 0.2) is 48.5 Å². The predicted octanol–water partition coefficient (Wildman–Crippen LogP) is 6.15. The summed E-state index contributed by atoms with van der Waals surface area (Å²) in [5.74, 6) is 1.01. The summed E-state index contributed by atoms with van der Waals surface area (Å²) in [7, 11) is 1.76. The first kappa shape index (κ1) is 18.7. The molecule has 2 heteroatoms. The molecular weight excluding hydrogens is 320 g/mol. The van der Waals surface area contributed by atoms with Crippen molar-refractivity contribution in [2.45, 2.75) is 44.9 Å². The van der Waals surface area contributed by atoms with E-state index >= 15 is 0 Å². The van der Waals surface area contributed by atoms with Gasteiger partial charge in [-0.15, -0.1) is 0 Å². The van der Waals surface area contributed by atoms with Crippen molar-refractivity contribution in [3.8, 4) is 5.75 Å². The van der Waals surface area contributed by atoms with Gasteiger partial charge in [0.25, 0.3) is 0 Å². The zero-order valence-electron chi connectivity index (χ0n) is 15.9. The van der Waals surface area contributed by atoms with E-state index in [9.17, 15) is 0 Å². The highest BCUT2D eigenvalue weighted by Crippen LogP contribution is 2.30. The van der Waals surface area contributed by atoms with E-state index < -0.39 is 0 Å². The number of aryl methyl sites for hydroxylation is 1. The first-order valence-corrected chi connectivity index (χ1v) is 9.87. The van der Waals surface area contributed by atoms with E-state index in [1.165, 1.54) is 35.1 Å². The molecule has 0 aromatic heterocycles. The van der Waals surface area contributed by atoms with Crippen molar-refractivity contribution in [3.63, 3.8) is 0 Å². The van der Waals surface area contributed by atoms with Gasteiger partial charge in [0.1, 0.15) is 5.75 Å². The van der Waals surface area contributed by atoms with E-state index in [1.54, 1.807) is 7.11 Å². The van der Waals surface area contributed by atoms with Crippen molar-refractivity contribution >= 4 is 11.6 Å². The number of ether oxygens (including phenoxy) is 2. The van der Waals surface area contributed by atoms with E-state index in [-0.39, 0.29) is 0 Å². The summed E-state index contributed by atoms with van der Waals surface area (Å²) in [4.78, 5) is 0. The zero-order chi connectivity index (χ0) is 18.0. The molecule has 0 spiro atoms. The Kier molecular flexibility index (Phi) is 7.33. The maximum atomic E-state index is 5.97. The van der Waals surface area contributed by atoms with Crippen LogP contribution in [0.2, 0.25) is 0 Å². The summed E-state index contributed by atoms with van der Waals surface area (Å²) in [6.45, 7) is 1.63. The lowest BCUT2D eigenvalue weighted by atomic mass is 9.91. The molecule has 0 saturated carbocycles. The molecule has 2 aromatic carbocycles. The van der Waals surface area contributed by atoms with Gasteiger partial charge in [0, 0.05) is 13.7 Å². The number of fused-ring (bicyclic) bond motifs is 1. The van der Waals surface area contributed by atoms with Gasteiger partial charge in [-0.1, -0.05) is 42.5 Å². The number of unbranched alkanes of at least 4 members (excludes halogenated alkanes) is 2. The normalized spacial score (nSPS) is 16.1. The Morgan fingerprint density at radius 3 is 2.50 bits per heavy atom. The molecule has 26 heavy (non-hydrogen) atoms. The van der Waals surface area contributed by atoms with Crippen molar-refractivity contribution in [3.05, 3.63) is 65.2 Å². The zero-order valence-corrected chi connectivity index (χ0v) is 15.9. The monoisotopic (exact) mass is 350 g/mol. The number of hydrogen-bond donors (Lipinski definition) is 0. The largest absolute Gasteiger partial charge is 0.494 e. The summed E-state index contributed by atoms with van der Waals surface area (Å²) >= 11 is 0. The minimum atomic E-state index is 0.785. The first-order valence-electron chi connectivity index (χ1n) is 9.87. The van der Waals surface area contributed by atoms with Crippen molar-refractivity contribution in [1.82, 2.24) is 0 Å². The molecule has 1 aliphatic rings. The lowest BCUT2D eigenvalue weighted by Gasteiger charge is -2.16. The third kappa shape index (κ3) is 5.47.